The Hall–Kier alpha value is -2.16. The molecule has 0 atom stereocenters. The fraction of sp³-hybridized carbons (Fsp3) is 0.333. The van der Waals surface area contributed by atoms with Gasteiger partial charge in [-0.05, 0) is 17.5 Å². The van der Waals surface area contributed by atoms with Crippen molar-refractivity contribution >= 4 is 0 Å². The predicted molar refractivity (Wildman–Crippen MR) is 85.1 cm³/mol. The molecule has 0 fully saturated rings. The highest BCUT2D eigenvalue weighted by molar-refractivity contribution is 5.39. The van der Waals surface area contributed by atoms with Gasteiger partial charge in [0.05, 0.1) is 5.41 Å². The molecule has 0 unspecified atom stereocenters. The van der Waals surface area contributed by atoms with Gasteiger partial charge < -0.3 is 0 Å². The van der Waals surface area contributed by atoms with Gasteiger partial charge in [-0.1, -0.05) is 80.4 Å². The minimum absolute atomic E-state index is 0.0684. The minimum Gasteiger partial charge on any atom is -0.264 e. The van der Waals surface area contributed by atoms with Gasteiger partial charge >= 0.3 is 0 Å². The molecule has 0 aliphatic rings. The van der Waals surface area contributed by atoms with E-state index in [-0.39, 0.29) is 11.5 Å². The molecule has 3 heteroatoms. The Kier molecular flexibility index (Phi) is 5.09. The Morgan fingerprint density at radius 3 is 1.81 bits per heavy atom. The van der Waals surface area contributed by atoms with Crippen LogP contribution in [0.5, 0.6) is 0 Å². The highest BCUT2D eigenvalue weighted by Crippen LogP contribution is 2.37. The molecule has 110 valence electrons. The summed E-state index contributed by atoms with van der Waals surface area (Å²) in [6.07, 6.45) is 2.79. The van der Waals surface area contributed by atoms with Crippen LogP contribution in [0, 0.1) is 10.1 Å². The fourth-order valence-corrected chi connectivity index (χ4v) is 2.93. The second kappa shape index (κ2) is 7.02. The molecule has 0 radical (unpaired) electrons. The van der Waals surface area contributed by atoms with Crippen molar-refractivity contribution in [2.24, 2.45) is 0 Å². The lowest BCUT2D eigenvalue weighted by atomic mass is 9.71. The van der Waals surface area contributed by atoms with Crippen molar-refractivity contribution in [1.82, 2.24) is 0 Å². The molecule has 0 amide bonds. The van der Waals surface area contributed by atoms with Crippen LogP contribution in [-0.2, 0) is 5.41 Å². The summed E-state index contributed by atoms with van der Waals surface area (Å²) >= 11 is 0. The van der Waals surface area contributed by atoms with E-state index in [4.69, 9.17) is 0 Å². The fourth-order valence-electron chi connectivity index (χ4n) is 2.93. The van der Waals surface area contributed by atoms with Gasteiger partial charge in [0, 0.05) is 4.92 Å². The van der Waals surface area contributed by atoms with Crippen LogP contribution in [0.1, 0.15) is 37.3 Å². The average molecular weight is 283 g/mol. The number of benzene rings is 2. The van der Waals surface area contributed by atoms with E-state index in [2.05, 4.69) is 6.92 Å². The summed E-state index contributed by atoms with van der Waals surface area (Å²) in [5, 5.41) is 11.3. The summed E-state index contributed by atoms with van der Waals surface area (Å²) in [7, 11) is 0. The third-order valence-corrected chi connectivity index (χ3v) is 4.01. The molecule has 2 aromatic carbocycles. The van der Waals surface area contributed by atoms with Crippen molar-refractivity contribution < 1.29 is 4.92 Å². The predicted octanol–water partition coefficient (Wildman–Crippen LogP) is 4.44. The van der Waals surface area contributed by atoms with Crippen LogP contribution in [-0.4, -0.2) is 11.5 Å². The number of rotatable bonds is 7. The van der Waals surface area contributed by atoms with Crippen molar-refractivity contribution in [2.75, 3.05) is 6.54 Å². The van der Waals surface area contributed by atoms with Crippen LogP contribution >= 0.6 is 0 Å². The van der Waals surface area contributed by atoms with Crippen LogP contribution in [0.4, 0.5) is 0 Å². The Bertz CT molecular complexity index is 527. The van der Waals surface area contributed by atoms with E-state index in [0.717, 1.165) is 30.4 Å². The first-order valence-corrected chi connectivity index (χ1v) is 7.42. The van der Waals surface area contributed by atoms with E-state index < -0.39 is 5.41 Å². The Morgan fingerprint density at radius 1 is 0.952 bits per heavy atom. The molecule has 0 aromatic heterocycles. The van der Waals surface area contributed by atoms with E-state index >= 15 is 0 Å². The van der Waals surface area contributed by atoms with Gasteiger partial charge in [-0.3, -0.25) is 10.1 Å². The molecule has 0 saturated heterocycles. The lowest BCUT2D eigenvalue weighted by Gasteiger charge is -2.31. The number of nitrogens with zero attached hydrogens (tertiary/aromatic N) is 1. The highest BCUT2D eigenvalue weighted by Gasteiger charge is 2.38. The van der Waals surface area contributed by atoms with Gasteiger partial charge in [-0.25, -0.2) is 0 Å². The summed E-state index contributed by atoms with van der Waals surface area (Å²) in [6.45, 7) is 2.05. The van der Waals surface area contributed by atoms with E-state index in [0.29, 0.717) is 0 Å². The lowest BCUT2D eigenvalue weighted by molar-refractivity contribution is -0.489. The minimum atomic E-state index is -0.540. The Balaban J connectivity index is 2.56. The molecule has 0 bridgehead atoms. The van der Waals surface area contributed by atoms with Gasteiger partial charge in [0.15, 0.2) is 0 Å². The number of unbranched alkanes of at least 4 members (excludes halogenated alkanes) is 1. The molecule has 0 aliphatic carbocycles. The summed E-state index contributed by atoms with van der Waals surface area (Å²) in [5.41, 5.74) is 1.52. The Morgan fingerprint density at radius 2 is 1.43 bits per heavy atom. The first-order chi connectivity index (χ1) is 10.2. The topological polar surface area (TPSA) is 43.1 Å². The summed E-state index contributed by atoms with van der Waals surface area (Å²) in [6, 6.07) is 19.8. The number of hydrogen-bond acceptors (Lipinski definition) is 2. The van der Waals surface area contributed by atoms with Gasteiger partial charge in [-0.2, -0.15) is 0 Å². The summed E-state index contributed by atoms with van der Waals surface area (Å²) in [5.74, 6) is 0. The van der Waals surface area contributed by atoms with Crippen LogP contribution in [0.3, 0.4) is 0 Å². The van der Waals surface area contributed by atoms with E-state index in [1.54, 1.807) is 0 Å². The molecule has 0 heterocycles. The molecule has 0 saturated carbocycles. The lowest BCUT2D eigenvalue weighted by Crippen LogP contribution is -2.36. The maximum absolute atomic E-state index is 11.3. The van der Waals surface area contributed by atoms with Crippen LogP contribution in [0.2, 0.25) is 0 Å². The van der Waals surface area contributed by atoms with E-state index in [1.807, 2.05) is 60.7 Å². The quantitative estimate of drug-likeness (QED) is 0.557. The second-order valence-corrected chi connectivity index (χ2v) is 5.41. The van der Waals surface area contributed by atoms with Crippen LogP contribution in [0.15, 0.2) is 60.7 Å². The zero-order valence-electron chi connectivity index (χ0n) is 12.4. The van der Waals surface area contributed by atoms with Gasteiger partial charge in [0.2, 0.25) is 6.54 Å². The molecule has 0 aliphatic heterocycles. The van der Waals surface area contributed by atoms with Crippen molar-refractivity contribution in [1.29, 1.82) is 0 Å². The van der Waals surface area contributed by atoms with E-state index in [9.17, 15) is 10.1 Å². The third kappa shape index (κ3) is 3.48. The molecule has 2 rings (SSSR count). The smallest absolute Gasteiger partial charge is 0.217 e. The van der Waals surface area contributed by atoms with Crippen molar-refractivity contribution in [3.63, 3.8) is 0 Å². The number of hydrogen-bond donors (Lipinski definition) is 0. The Labute approximate surface area is 125 Å². The molecule has 2 aromatic rings. The monoisotopic (exact) mass is 283 g/mol. The molecule has 3 nitrogen and oxygen atoms in total. The molecule has 21 heavy (non-hydrogen) atoms. The first kappa shape index (κ1) is 15.2. The standard InChI is InChI=1S/C18H21NO2/c1-2-3-14-18(15-19(20)21,16-10-6-4-7-11-16)17-12-8-5-9-13-17/h4-13H,2-3,14-15H2,1H3. The zero-order chi connectivity index (χ0) is 15.1. The van der Waals surface area contributed by atoms with Crippen LogP contribution < -0.4 is 0 Å². The molecule has 0 spiro atoms. The third-order valence-electron chi connectivity index (χ3n) is 4.01. The highest BCUT2D eigenvalue weighted by atomic mass is 16.6. The summed E-state index contributed by atoms with van der Waals surface area (Å²) in [4.78, 5) is 11.1. The largest absolute Gasteiger partial charge is 0.264 e. The van der Waals surface area contributed by atoms with Crippen molar-refractivity contribution in [3.8, 4) is 0 Å². The first-order valence-electron chi connectivity index (χ1n) is 7.42. The van der Waals surface area contributed by atoms with Gasteiger partial charge in [0.1, 0.15) is 0 Å². The maximum Gasteiger partial charge on any atom is 0.217 e. The molecule has 0 N–H and O–H groups in total. The SMILES string of the molecule is CCCCC(C[N+](=O)[O-])(c1ccccc1)c1ccccc1. The maximum atomic E-state index is 11.3. The van der Waals surface area contributed by atoms with Gasteiger partial charge in [0.25, 0.3) is 0 Å². The second-order valence-electron chi connectivity index (χ2n) is 5.41. The van der Waals surface area contributed by atoms with Gasteiger partial charge in [-0.15, -0.1) is 0 Å². The normalized spacial score (nSPS) is 11.3. The average Bonchev–Trinajstić information content (AvgIpc) is 2.53. The van der Waals surface area contributed by atoms with Crippen LogP contribution in [0.25, 0.3) is 0 Å². The van der Waals surface area contributed by atoms with E-state index in [1.165, 1.54) is 0 Å². The van der Waals surface area contributed by atoms with Crippen molar-refractivity contribution in [3.05, 3.63) is 81.9 Å². The summed E-state index contributed by atoms with van der Waals surface area (Å²) < 4.78 is 0. The molecular formula is C18H21NO2. The number of nitro groups is 1. The van der Waals surface area contributed by atoms with Crippen molar-refractivity contribution in [2.45, 2.75) is 31.6 Å². The zero-order valence-corrected chi connectivity index (χ0v) is 12.4. The molecular weight excluding hydrogens is 262 g/mol.